The van der Waals surface area contributed by atoms with Crippen LogP contribution in [0.1, 0.15) is 55.1 Å². The average molecular weight is 431 g/mol. The molecule has 0 amide bonds. The van der Waals surface area contributed by atoms with E-state index in [9.17, 15) is 19.5 Å². The highest BCUT2D eigenvalue weighted by Crippen LogP contribution is 2.39. The number of hydrogen-bond donors (Lipinski definition) is 2. The van der Waals surface area contributed by atoms with Crippen molar-refractivity contribution >= 4 is 28.5 Å². The monoisotopic (exact) mass is 431 g/mol. The zero-order valence-corrected chi connectivity index (χ0v) is 17.6. The van der Waals surface area contributed by atoms with Crippen LogP contribution >= 0.6 is 0 Å². The third-order valence-corrected chi connectivity index (χ3v) is 6.27. The van der Waals surface area contributed by atoms with Crippen molar-refractivity contribution in [3.8, 4) is 0 Å². The van der Waals surface area contributed by atoms with Crippen LogP contribution in [0.5, 0.6) is 0 Å². The molecule has 0 saturated carbocycles. The van der Waals surface area contributed by atoms with Crippen molar-refractivity contribution in [2.75, 3.05) is 18.0 Å². The lowest BCUT2D eigenvalue weighted by Crippen LogP contribution is -2.41. The number of carboxylic acid groups (broad SMARTS) is 1. The number of anilines is 1. The highest BCUT2D eigenvalue weighted by Gasteiger charge is 2.31. The van der Waals surface area contributed by atoms with Crippen molar-refractivity contribution in [2.45, 2.75) is 57.7 Å². The molecule has 1 saturated heterocycles. The van der Waals surface area contributed by atoms with E-state index in [1.165, 1.54) is 12.3 Å². The van der Waals surface area contributed by atoms with Crippen LogP contribution in [-0.2, 0) is 16.0 Å². The molecule has 2 atom stereocenters. The molecule has 4 rings (SSSR count). The summed E-state index contributed by atoms with van der Waals surface area (Å²) in [5.74, 6) is -2.30. The number of carboxylic acids is 1. The van der Waals surface area contributed by atoms with Gasteiger partial charge in [-0.2, -0.15) is 0 Å². The van der Waals surface area contributed by atoms with Gasteiger partial charge in [0.1, 0.15) is 23.5 Å². The normalized spacial score (nSPS) is 20.0. The van der Waals surface area contributed by atoms with Crippen LogP contribution in [0.3, 0.4) is 0 Å². The van der Waals surface area contributed by atoms with Crippen LogP contribution in [0.25, 0.3) is 10.9 Å². The number of halogens is 1. The topological polar surface area (TPSA) is 115 Å². The van der Waals surface area contributed by atoms with Gasteiger partial charge < -0.3 is 25.0 Å². The molecule has 2 aliphatic heterocycles. The summed E-state index contributed by atoms with van der Waals surface area (Å²) >= 11 is 0. The van der Waals surface area contributed by atoms with Crippen LogP contribution in [0.15, 0.2) is 17.1 Å². The first-order chi connectivity index (χ1) is 14.7. The SMILES string of the molecule is C[C@@H](N)C(=O)OC1CCN(c2c(F)cc3c(=O)c(C(=O)O)cn4c3c2CC[C@@H]4C)CC1. The van der Waals surface area contributed by atoms with Gasteiger partial charge >= 0.3 is 11.9 Å². The van der Waals surface area contributed by atoms with E-state index < -0.39 is 29.2 Å². The molecule has 1 aromatic carbocycles. The van der Waals surface area contributed by atoms with E-state index in [0.717, 1.165) is 5.56 Å². The number of nitrogens with zero attached hydrogens (tertiary/aromatic N) is 2. The van der Waals surface area contributed by atoms with Crippen molar-refractivity contribution in [1.82, 2.24) is 4.57 Å². The van der Waals surface area contributed by atoms with E-state index in [0.29, 0.717) is 50.0 Å². The molecule has 2 aromatic rings. The summed E-state index contributed by atoms with van der Waals surface area (Å²) in [6, 6.07) is 0.477. The number of esters is 1. The van der Waals surface area contributed by atoms with Gasteiger partial charge in [-0.05, 0) is 32.8 Å². The van der Waals surface area contributed by atoms with E-state index in [1.807, 2.05) is 11.8 Å². The molecule has 3 heterocycles. The number of hydrogen-bond acceptors (Lipinski definition) is 6. The molecule has 0 bridgehead atoms. The number of aromatic nitrogens is 1. The number of rotatable bonds is 4. The summed E-state index contributed by atoms with van der Waals surface area (Å²) in [6.45, 7) is 4.53. The molecule has 1 aromatic heterocycles. The van der Waals surface area contributed by atoms with Gasteiger partial charge in [0, 0.05) is 49.1 Å². The molecule has 31 heavy (non-hydrogen) atoms. The molecule has 0 aliphatic carbocycles. The second-order valence-corrected chi connectivity index (χ2v) is 8.47. The largest absolute Gasteiger partial charge is 0.477 e. The fraction of sp³-hybridized carbons (Fsp3) is 0.500. The number of aromatic carboxylic acids is 1. The van der Waals surface area contributed by atoms with Crippen LogP contribution in [-0.4, -0.2) is 46.8 Å². The Labute approximate surface area is 178 Å². The predicted octanol–water partition coefficient (Wildman–Crippen LogP) is 2.21. The van der Waals surface area contributed by atoms with E-state index >= 15 is 4.39 Å². The fourth-order valence-electron chi connectivity index (χ4n) is 4.60. The number of nitrogens with two attached hydrogens (primary N) is 1. The molecule has 2 aliphatic rings. The third kappa shape index (κ3) is 3.67. The van der Waals surface area contributed by atoms with Crippen molar-refractivity contribution in [3.05, 3.63) is 39.4 Å². The zero-order chi connectivity index (χ0) is 22.4. The van der Waals surface area contributed by atoms with E-state index in [1.54, 1.807) is 11.5 Å². The zero-order valence-electron chi connectivity index (χ0n) is 17.6. The van der Waals surface area contributed by atoms with Crippen molar-refractivity contribution in [2.24, 2.45) is 5.73 Å². The Hall–Kier alpha value is -2.94. The molecule has 8 nitrogen and oxygen atoms in total. The molecule has 166 valence electrons. The maximum absolute atomic E-state index is 15.3. The summed E-state index contributed by atoms with van der Waals surface area (Å²) < 4.78 is 22.5. The molecule has 0 radical (unpaired) electrons. The minimum Gasteiger partial charge on any atom is -0.477 e. The smallest absolute Gasteiger partial charge is 0.341 e. The first kappa shape index (κ1) is 21.3. The lowest BCUT2D eigenvalue weighted by atomic mass is 9.93. The van der Waals surface area contributed by atoms with Gasteiger partial charge in [-0.3, -0.25) is 9.59 Å². The lowest BCUT2D eigenvalue weighted by molar-refractivity contribution is -0.151. The summed E-state index contributed by atoms with van der Waals surface area (Å²) in [7, 11) is 0. The third-order valence-electron chi connectivity index (χ3n) is 6.27. The molecule has 1 fully saturated rings. The first-order valence-electron chi connectivity index (χ1n) is 10.5. The molecule has 0 spiro atoms. The van der Waals surface area contributed by atoms with E-state index in [-0.39, 0.29) is 23.1 Å². The predicted molar refractivity (Wildman–Crippen MR) is 113 cm³/mol. The highest BCUT2D eigenvalue weighted by molar-refractivity contribution is 5.95. The molecule has 9 heteroatoms. The van der Waals surface area contributed by atoms with Crippen molar-refractivity contribution in [3.63, 3.8) is 0 Å². The summed E-state index contributed by atoms with van der Waals surface area (Å²) in [4.78, 5) is 37.9. The van der Waals surface area contributed by atoms with E-state index in [4.69, 9.17) is 10.5 Å². The number of carbonyl (C=O) groups is 2. The van der Waals surface area contributed by atoms with E-state index in [2.05, 4.69) is 0 Å². The number of ether oxygens (including phenoxy) is 1. The molecular weight excluding hydrogens is 405 g/mol. The van der Waals surface area contributed by atoms with Gasteiger partial charge in [0.25, 0.3) is 0 Å². The molecular formula is C22H26FN3O5. The van der Waals surface area contributed by atoms with Crippen molar-refractivity contribution in [1.29, 1.82) is 0 Å². The maximum atomic E-state index is 15.3. The van der Waals surface area contributed by atoms with Gasteiger partial charge in [-0.15, -0.1) is 0 Å². The average Bonchev–Trinajstić information content (AvgIpc) is 2.72. The van der Waals surface area contributed by atoms with Crippen LogP contribution in [0.4, 0.5) is 10.1 Å². The number of benzene rings is 1. The van der Waals surface area contributed by atoms with Gasteiger partial charge in [-0.25, -0.2) is 9.18 Å². The summed E-state index contributed by atoms with van der Waals surface area (Å²) in [6.07, 6.45) is 3.53. The van der Waals surface area contributed by atoms with Crippen molar-refractivity contribution < 1.29 is 23.8 Å². The second kappa shape index (κ2) is 7.96. The Kier molecular flexibility index (Phi) is 5.47. The standard InChI is InChI=1S/C22H26FN3O5/c1-11-3-4-14-18-15(20(27)16(21(28)29)10-26(11)18)9-17(23)19(14)25-7-5-13(6-8-25)31-22(30)12(2)24/h9-13H,3-8,24H2,1-2H3,(H,28,29)/t11-,12+/m0/s1. The number of aryl methyl sites for hydroxylation is 1. The Bertz CT molecular complexity index is 1120. The summed E-state index contributed by atoms with van der Waals surface area (Å²) in [5.41, 5.74) is 6.33. The Morgan fingerprint density at radius 2 is 1.97 bits per heavy atom. The minimum atomic E-state index is -1.32. The first-order valence-corrected chi connectivity index (χ1v) is 10.5. The quantitative estimate of drug-likeness (QED) is 0.713. The Morgan fingerprint density at radius 1 is 1.29 bits per heavy atom. The van der Waals surface area contributed by atoms with Gasteiger partial charge in [0.2, 0.25) is 5.43 Å². The Morgan fingerprint density at radius 3 is 2.58 bits per heavy atom. The number of pyridine rings is 1. The minimum absolute atomic E-state index is 0.00425. The van der Waals surface area contributed by atoms with Crippen LogP contribution in [0, 0.1) is 5.82 Å². The fourth-order valence-corrected chi connectivity index (χ4v) is 4.60. The second-order valence-electron chi connectivity index (χ2n) is 8.47. The maximum Gasteiger partial charge on any atom is 0.341 e. The van der Waals surface area contributed by atoms with Crippen LogP contribution < -0.4 is 16.1 Å². The highest BCUT2D eigenvalue weighted by atomic mass is 19.1. The van der Waals surface area contributed by atoms with Crippen LogP contribution in [0.2, 0.25) is 0 Å². The van der Waals surface area contributed by atoms with Gasteiger partial charge in [-0.1, -0.05) is 0 Å². The van der Waals surface area contributed by atoms with Gasteiger partial charge in [0.15, 0.2) is 0 Å². The molecule has 3 N–H and O–H groups in total. The Balaban J connectivity index is 1.73. The summed E-state index contributed by atoms with van der Waals surface area (Å²) in [5, 5.41) is 9.51. The lowest BCUT2D eigenvalue weighted by Gasteiger charge is -2.37. The molecule has 0 unspecified atom stereocenters. The number of piperidine rings is 1. The van der Waals surface area contributed by atoms with Gasteiger partial charge in [0.05, 0.1) is 11.2 Å². The number of carbonyl (C=O) groups excluding carboxylic acids is 1.